The van der Waals surface area contributed by atoms with Crippen molar-refractivity contribution in [2.75, 3.05) is 6.61 Å². The Morgan fingerprint density at radius 1 is 1.32 bits per heavy atom. The van der Waals surface area contributed by atoms with Crippen LogP contribution in [0.25, 0.3) is 0 Å². The minimum Gasteiger partial charge on any atom is -0.376 e. The fourth-order valence-corrected chi connectivity index (χ4v) is 2.41. The first-order valence-corrected chi connectivity index (χ1v) is 7.37. The molecule has 1 aromatic rings. The highest BCUT2D eigenvalue weighted by Crippen LogP contribution is 2.30. The summed E-state index contributed by atoms with van der Waals surface area (Å²) in [4.78, 5) is 4.44. The van der Waals surface area contributed by atoms with E-state index in [-0.39, 0.29) is 0 Å². The van der Waals surface area contributed by atoms with Crippen LogP contribution >= 0.6 is 0 Å². The average Bonchev–Trinajstić information content (AvgIpc) is 2.70. The zero-order valence-corrected chi connectivity index (χ0v) is 11.6. The van der Waals surface area contributed by atoms with Gasteiger partial charge in [0.1, 0.15) is 5.54 Å². The van der Waals surface area contributed by atoms with Crippen LogP contribution in [0, 0.1) is 5.92 Å². The second-order valence-corrected chi connectivity index (χ2v) is 6.29. The molecule has 0 radical (unpaired) electrons. The molecule has 1 atom stereocenters. The van der Waals surface area contributed by atoms with Crippen LogP contribution in [0.5, 0.6) is 0 Å². The Morgan fingerprint density at radius 3 is 2.63 bits per heavy atom. The van der Waals surface area contributed by atoms with Gasteiger partial charge in [-0.3, -0.25) is 0 Å². The monoisotopic (exact) mass is 265 g/mol. The van der Waals surface area contributed by atoms with Crippen molar-refractivity contribution in [1.82, 2.24) is 10.1 Å². The van der Waals surface area contributed by atoms with Crippen LogP contribution in [0.1, 0.15) is 57.2 Å². The second kappa shape index (κ2) is 5.21. The van der Waals surface area contributed by atoms with Gasteiger partial charge in [0.2, 0.25) is 5.89 Å². The van der Waals surface area contributed by atoms with E-state index in [1.54, 1.807) is 0 Å². The van der Waals surface area contributed by atoms with Crippen molar-refractivity contribution in [3.05, 3.63) is 11.7 Å². The molecule has 1 heterocycles. The molecule has 0 amide bonds. The average molecular weight is 265 g/mol. The molecule has 0 aromatic carbocycles. The Labute approximate surface area is 113 Å². The van der Waals surface area contributed by atoms with Crippen molar-refractivity contribution < 1.29 is 9.26 Å². The lowest BCUT2D eigenvalue weighted by atomic mass is 9.83. The third kappa shape index (κ3) is 2.98. The molecule has 106 valence electrons. The number of hydrogen-bond acceptors (Lipinski definition) is 5. The fraction of sp³-hybridized carbons (Fsp3) is 0.857. The molecule has 2 N–H and O–H groups in total. The van der Waals surface area contributed by atoms with E-state index >= 15 is 0 Å². The van der Waals surface area contributed by atoms with Crippen LogP contribution in [-0.2, 0) is 16.7 Å². The van der Waals surface area contributed by atoms with Gasteiger partial charge in [-0.05, 0) is 44.9 Å². The van der Waals surface area contributed by atoms with Gasteiger partial charge < -0.3 is 15.0 Å². The van der Waals surface area contributed by atoms with E-state index in [9.17, 15) is 0 Å². The molecular formula is C14H23N3O2. The number of ether oxygens (including phenoxy) is 1. The van der Waals surface area contributed by atoms with Crippen molar-refractivity contribution in [3.63, 3.8) is 0 Å². The molecule has 1 aromatic heterocycles. The maximum Gasteiger partial charge on any atom is 0.226 e. The Kier molecular flexibility index (Phi) is 3.58. The van der Waals surface area contributed by atoms with Gasteiger partial charge in [0.25, 0.3) is 0 Å². The van der Waals surface area contributed by atoms with Crippen molar-refractivity contribution in [1.29, 1.82) is 0 Å². The zero-order valence-electron chi connectivity index (χ0n) is 11.6. The molecule has 0 aliphatic heterocycles. The first-order chi connectivity index (χ1) is 9.13. The third-order valence-electron chi connectivity index (χ3n) is 4.34. The predicted molar refractivity (Wildman–Crippen MR) is 70.5 cm³/mol. The Morgan fingerprint density at radius 2 is 2.05 bits per heavy atom. The molecular weight excluding hydrogens is 242 g/mol. The summed E-state index contributed by atoms with van der Waals surface area (Å²) in [6.07, 6.45) is 8.72. The highest BCUT2D eigenvalue weighted by atomic mass is 16.5. The van der Waals surface area contributed by atoms with Crippen LogP contribution in [0.15, 0.2) is 4.52 Å². The number of aromatic nitrogens is 2. The largest absolute Gasteiger partial charge is 0.376 e. The van der Waals surface area contributed by atoms with E-state index in [0.29, 0.717) is 18.5 Å². The van der Waals surface area contributed by atoms with E-state index in [1.165, 1.54) is 25.7 Å². The molecule has 0 spiro atoms. The van der Waals surface area contributed by atoms with E-state index in [4.69, 9.17) is 15.0 Å². The summed E-state index contributed by atoms with van der Waals surface area (Å²) < 4.78 is 11.1. The highest BCUT2D eigenvalue weighted by molar-refractivity contribution is 5.02. The van der Waals surface area contributed by atoms with Crippen molar-refractivity contribution >= 4 is 0 Å². The summed E-state index contributed by atoms with van der Waals surface area (Å²) in [5, 5.41) is 4.03. The molecule has 3 rings (SSSR count). The summed E-state index contributed by atoms with van der Waals surface area (Å²) in [7, 11) is 0. The Hall–Kier alpha value is -0.940. The smallest absolute Gasteiger partial charge is 0.226 e. The summed E-state index contributed by atoms with van der Waals surface area (Å²) in [6.45, 7) is 2.36. The molecule has 2 saturated carbocycles. The van der Waals surface area contributed by atoms with Crippen LogP contribution in [-0.4, -0.2) is 22.9 Å². The quantitative estimate of drug-likeness (QED) is 0.853. The zero-order chi connectivity index (χ0) is 13.3. The third-order valence-corrected chi connectivity index (χ3v) is 4.34. The summed E-state index contributed by atoms with van der Waals surface area (Å²) in [6, 6.07) is 0. The number of rotatable bonds is 6. The SMILES string of the molecule is CC(N)(COC1CCC1)c1noc(CC2CCC2)n1. The fourth-order valence-electron chi connectivity index (χ4n) is 2.41. The van der Waals surface area contributed by atoms with Gasteiger partial charge in [0.15, 0.2) is 5.82 Å². The van der Waals surface area contributed by atoms with E-state index < -0.39 is 5.54 Å². The molecule has 0 saturated heterocycles. The van der Waals surface area contributed by atoms with Crippen molar-refractivity contribution in [2.24, 2.45) is 11.7 Å². The van der Waals surface area contributed by atoms with Gasteiger partial charge in [-0.15, -0.1) is 0 Å². The van der Waals surface area contributed by atoms with Gasteiger partial charge in [-0.1, -0.05) is 11.6 Å². The lowest BCUT2D eigenvalue weighted by molar-refractivity contribution is -0.0222. The number of hydrogen-bond donors (Lipinski definition) is 1. The highest BCUT2D eigenvalue weighted by Gasteiger charge is 2.31. The molecule has 0 bridgehead atoms. The van der Waals surface area contributed by atoms with Gasteiger partial charge in [0, 0.05) is 6.42 Å². The van der Waals surface area contributed by atoms with Gasteiger partial charge in [-0.25, -0.2) is 0 Å². The molecule has 2 aliphatic rings. The Bertz CT molecular complexity index is 422. The summed E-state index contributed by atoms with van der Waals surface area (Å²) in [5.41, 5.74) is 5.59. The van der Waals surface area contributed by atoms with Gasteiger partial charge in [0.05, 0.1) is 12.7 Å². The van der Waals surface area contributed by atoms with Crippen molar-refractivity contribution in [3.8, 4) is 0 Å². The van der Waals surface area contributed by atoms with E-state index in [0.717, 1.165) is 31.1 Å². The molecule has 19 heavy (non-hydrogen) atoms. The maximum atomic E-state index is 6.25. The Balaban J connectivity index is 1.56. The van der Waals surface area contributed by atoms with E-state index in [1.807, 2.05) is 6.92 Å². The molecule has 5 heteroatoms. The first-order valence-electron chi connectivity index (χ1n) is 7.37. The summed E-state index contributed by atoms with van der Waals surface area (Å²) in [5.74, 6) is 2.02. The van der Waals surface area contributed by atoms with Crippen molar-refractivity contribution in [2.45, 2.75) is 63.5 Å². The van der Waals surface area contributed by atoms with E-state index in [2.05, 4.69) is 10.1 Å². The van der Waals surface area contributed by atoms with Crippen LogP contribution < -0.4 is 5.73 Å². The topological polar surface area (TPSA) is 74.2 Å². The maximum absolute atomic E-state index is 6.25. The first kappa shape index (κ1) is 13.1. The lowest BCUT2D eigenvalue weighted by Crippen LogP contribution is -2.41. The van der Waals surface area contributed by atoms with Crippen LogP contribution in [0.4, 0.5) is 0 Å². The van der Waals surface area contributed by atoms with Gasteiger partial charge >= 0.3 is 0 Å². The molecule has 2 aliphatic carbocycles. The number of nitrogens with zero attached hydrogens (tertiary/aromatic N) is 2. The van der Waals surface area contributed by atoms with Crippen LogP contribution in [0.3, 0.4) is 0 Å². The normalized spacial score (nSPS) is 23.7. The predicted octanol–water partition coefficient (Wildman–Crippen LogP) is 2.16. The molecule has 1 unspecified atom stereocenters. The second-order valence-electron chi connectivity index (χ2n) is 6.29. The lowest BCUT2D eigenvalue weighted by Gasteiger charge is -2.29. The minimum absolute atomic E-state index is 0.379. The molecule has 5 nitrogen and oxygen atoms in total. The molecule has 2 fully saturated rings. The summed E-state index contributed by atoms with van der Waals surface area (Å²) >= 11 is 0. The minimum atomic E-state index is -0.656. The van der Waals surface area contributed by atoms with Gasteiger partial charge in [-0.2, -0.15) is 4.98 Å². The standard InChI is InChI=1S/C14H23N3O2/c1-14(15,9-18-11-6-3-7-11)13-16-12(19-17-13)8-10-4-2-5-10/h10-11H,2-9,15H2,1H3. The number of nitrogens with two attached hydrogens (primary N) is 1. The van der Waals surface area contributed by atoms with Crippen LogP contribution in [0.2, 0.25) is 0 Å².